The second-order valence-corrected chi connectivity index (χ2v) is 8.99. The number of sulfonamides is 1. The highest BCUT2D eigenvalue weighted by Gasteiger charge is 2.32. The van der Waals surface area contributed by atoms with E-state index in [1.54, 1.807) is 24.3 Å². The van der Waals surface area contributed by atoms with Crippen LogP contribution in [0, 0.1) is 12.8 Å². The fraction of sp³-hybridized carbons (Fsp3) is 0.381. The third kappa shape index (κ3) is 4.96. The third-order valence-electron chi connectivity index (χ3n) is 4.59. The highest BCUT2D eigenvalue weighted by molar-refractivity contribution is 7.89. The summed E-state index contributed by atoms with van der Waals surface area (Å²) in [4.78, 5) is 4.91. The molecule has 0 bridgehead atoms. The molecule has 0 unspecified atom stereocenters. The van der Waals surface area contributed by atoms with Crippen LogP contribution in [-0.4, -0.2) is 33.0 Å². The average molecular weight is 387 g/mol. The quantitative estimate of drug-likeness (QED) is 0.794. The molecule has 0 fully saturated rings. The smallest absolute Gasteiger partial charge is 0.241 e. The number of hydrogen-bond donors (Lipinski definition) is 1. The largest absolute Gasteiger partial charge is 0.478 e. The van der Waals surface area contributed by atoms with Gasteiger partial charge in [-0.1, -0.05) is 61.9 Å². The lowest BCUT2D eigenvalue weighted by Gasteiger charge is -2.21. The molecule has 1 aliphatic rings. The van der Waals surface area contributed by atoms with Crippen molar-refractivity contribution >= 4 is 15.9 Å². The lowest BCUT2D eigenvalue weighted by Crippen LogP contribution is -2.44. The van der Waals surface area contributed by atoms with Crippen molar-refractivity contribution in [3.63, 3.8) is 0 Å². The molecule has 0 saturated heterocycles. The SMILES string of the molecule is Cc1ccc(S(=O)(=O)N[C@H](C2=N[C@@H](Cc3ccccc3)CO2)C(C)C)cc1. The molecule has 144 valence electrons. The highest BCUT2D eigenvalue weighted by atomic mass is 32.2. The summed E-state index contributed by atoms with van der Waals surface area (Å²) >= 11 is 0. The van der Waals surface area contributed by atoms with E-state index < -0.39 is 16.1 Å². The first-order valence-electron chi connectivity index (χ1n) is 9.18. The van der Waals surface area contributed by atoms with E-state index >= 15 is 0 Å². The van der Waals surface area contributed by atoms with Crippen molar-refractivity contribution in [2.24, 2.45) is 10.9 Å². The number of aliphatic imine (C=N–C) groups is 1. The van der Waals surface area contributed by atoms with E-state index in [0.29, 0.717) is 12.5 Å². The maximum atomic E-state index is 12.8. The zero-order chi connectivity index (χ0) is 19.4. The Morgan fingerprint density at radius 2 is 1.78 bits per heavy atom. The molecule has 3 rings (SSSR count). The van der Waals surface area contributed by atoms with Crippen LogP contribution in [0.4, 0.5) is 0 Å². The third-order valence-corrected chi connectivity index (χ3v) is 6.05. The van der Waals surface area contributed by atoms with Gasteiger partial charge in [-0.05, 0) is 37.0 Å². The van der Waals surface area contributed by atoms with Crippen LogP contribution >= 0.6 is 0 Å². The molecule has 5 nitrogen and oxygen atoms in total. The molecule has 27 heavy (non-hydrogen) atoms. The van der Waals surface area contributed by atoms with E-state index in [2.05, 4.69) is 21.8 Å². The van der Waals surface area contributed by atoms with Crippen LogP contribution in [0.3, 0.4) is 0 Å². The molecule has 0 aromatic heterocycles. The summed E-state index contributed by atoms with van der Waals surface area (Å²) in [6, 6.07) is 16.4. The Labute approximate surface area is 161 Å². The molecule has 0 saturated carbocycles. The molecule has 2 atom stereocenters. The topological polar surface area (TPSA) is 67.8 Å². The first-order chi connectivity index (χ1) is 12.8. The standard InChI is InChI=1S/C21H26N2O3S/c1-15(2)20(23-27(24,25)19-11-9-16(3)10-12-19)21-22-18(14-26-21)13-17-7-5-4-6-8-17/h4-12,15,18,20,23H,13-14H2,1-3H3/t18-,20-/m0/s1. The number of benzene rings is 2. The minimum atomic E-state index is -3.65. The maximum absolute atomic E-state index is 12.8. The van der Waals surface area contributed by atoms with Crippen molar-refractivity contribution in [2.45, 2.75) is 44.2 Å². The molecule has 6 heteroatoms. The Balaban J connectivity index is 1.75. The first-order valence-corrected chi connectivity index (χ1v) is 10.7. The van der Waals surface area contributed by atoms with E-state index in [1.807, 2.05) is 39.0 Å². The number of ether oxygens (including phenoxy) is 1. The number of hydrogen-bond acceptors (Lipinski definition) is 4. The van der Waals surface area contributed by atoms with Gasteiger partial charge in [-0.15, -0.1) is 0 Å². The van der Waals surface area contributed by atoms with Gasteiger partial charge in [0.25, 0.3) is 0 Å². The van der Waals surface area contributed by atoms with Gasteiger partial charge in [0.05, 0.1) is 17.0 Å². The van der Waals surface area contributed by atoms with Gasteiger partial charge >= 0.3 is 0 Å². The molecule has 0 radical (unpaired) electrons. The van der Waals surface area contributed by atoms with Crippen LogP contribution in [0.5, 0.6) is 0 Å². The fourth-order valence-corrected chi connectivity index (χ4v) is 4.36. The predicted octanol–water partition coefficient (Wildman–Crippen LogP) is 3.34. The lowest BCUT2D eigenvalue weighted by molar-refractivity contribution is 0.294. The minimum Gasteiger partial charge on any atom is -0.478 e. The Morgan fingerprint density at radius 1 is 1.11 bits per heavy atom. The number of nitrogens with zero attached hydrogens (tertiary/aromatic N) is 1. The molecule has 2 aromatic carbocycles. The summed E-state index contributed by atoms with van der Waals surface area (Å²) in [5.41, 5.74) is 2.21. The fourth-order valence-electron chi connectivity index (χ4n) is 3.02. The van der Waals surface area contributed by atoms with Crippen LogP contribution in [0.25, 0.3) is 0 Å². The molecule has 0 spiro atoms. The van der Waals surface area contributed by atoms with Crippen LogP contribution in [0.2, 0.25) is 0 Å². The predicted molar refractivity (Wildman–Crippen MR) is 107 cm³/mol. The van der Waals surface area contributed by atoms with Crippen LogP contribution < -0.4 is 4.72 Å². The highest BCUT2D eigenvalue weighted by Crippen LogP contribution is 2.19. The van der Waals surface area contributed by atoms with Crippen molar-refractivity contribution in [3.8, 4) is 0 Å². The van der Waals surface area contributed by atoms with Crippen molar-refractivity contribution in [1.82, 2.24) is 4.72 Å². The molecule has 1 aliphatic heterocycles. The first kappa shape index (κ1) is 19.6. The van der Waals surface area contributed by atoms with E-state index in [1.165, 1.54) is 5.56 Å². The Bertz CT molecular complexity index is 891. The Kier molecular flexibility index (Phi) is 5.97. The van der Waals surface area contributed by atoms with E-state index in [-0.39, 0.29) is 16.9 Å². The monoisotopic (exact) mass is 386 g/mol. The average Bonchev–Trinajstić information content (AvgIpc) is 3.09. The van der Waals surface area contributed by atoms with Gasteiger partial charge in [0.1, 0.15) is 6.61 Å². The van der Waals surface area contributed by atoms with Crippen LogP contribution in [0.1, 0.15) is 25.0 Å². The zero-order valence-corrected chi connectivity index (χ0v) is 16.7. The Morgan fingerprint density at radius 3 is 2.41 bits per heavy atom. The summed E-state index contributed by atoms with van der Waals surface area (Å²) in [7, 11) is -3.65. The number of nitrogens with one attached hydrogen (secondary N) is 1. The van der Waals surface area contributed by atoms with E-state index in [9.17, 15) is 8.42 Å². The summed E-state index contributed by atoms with van der Waals surface area (Å²) in [6.45, 7) is 6.31. The zero-order valence-electron chi connectivity index (χ0n) is 15.9. The lowest BCUT2D eigenvalue weighted by atomic mass is 10.1. The summed E-state index contributed by atoms with van der Waals surface area (Å²) in [5, 5.41) is 0. The Hall–Kier alpha value is -2.18. The number of rotatable bonds is 7. The normalized spacial score (nSPS) is 18.2. The van der Waals surface area contributed by atoms with E-state index in [4.69, 9.17) is 4.74 Å². The molecule has 0 amide bonds. The van der Waals surface area contributed by atoms with Gasteiger partial charge in [-0.2, -0.15) is 4.72 Å². The summed E-state index contributed by atoms with van der Waals surface area (Å²) in [6.07, 6.45) is 0.778. The van der Waals surface area contributed by atoms with E-state index in [0.717, 1.165) is 12.0 Å². The van der Waals surface area contributed by atoms with Gasteiger partial charge in [0, 0.05) is 0 Å². The van der Waals surface area contributed by atoms with Gasteiger partial charge < -0.3 is 4.74 Å². The molecule has 1 N–H and O–H groups in total. The summed E-state index contributed by atoms with van der Waals surface area (Å²) in [5.74, 6) is 0.487. The van der Waals surface area contributed by atoms with Crippen molar-refractivity contribution in [2.75, 3.05) is 6.61 Å². The van der Waals surface area contributed by atoms with Gasteiger partial charge in [-0.3, -0.25) is 0 Å². The van der Waals surface area contributed by atoms with Crippen LogP contribution in [-0.2, 0) is 21.2 Å². The van der Waals surface area contributed by atoms with Gasteiger partial charge in [0.15, 0.2) is 0 Å². The van der Waals surface area contributed by atoms with Crippen molar-refractivity contribution in [1.29, 1.82) is 0 Å². The molecule has 1 heterocycles. The maximum Gasteiger partial charge on any atom is 0.241 e. The van der Waals surface area contributed by atoms with Crippen molar-refractivity contribution in [3.05, 3.63) is 65.7 Å². The second kappa shape index (κ2) is 8.23. The van der Waals surface area contributed by atoms with Gasteiger partial charge in [-0.25, -0.2) is 13.4 Å². The van der Waals surface area contributed by atoms with Gasteiger partial charge in [0.2, 0.25) is 15.9 Å². The number of aryl methyl sites for hydroxylation is 1. The molecular formula is C21H26N2O3S. The molecule has 2 aromatic rings. The van der Waals surface area contributed by atoms with Crippen molar-refractivity contribution < 1.29 is 13.2 Å². The minimum absolute atomic E-state index is 0.00697. The van der Waals surface area contributed by atoms with Crippen LogP contribution in [0.15, 0.2) is 64.5 Å². The molecular weight excluding hydrogens is 360 g/mol. The molecule has 0 aliphatic carbocycles. The second-order valence-electron chi connectivity index (χ2n) is 7.28. The summed E-state index contributed by atoms with van der Waals surface area (Å²) < 4.78 is 34.1.